The zero-order valence-corrected chi connectivity index (χ0v) is 10.1. The molecule has 6 nitrogen and oxygen atoms in total. The van der Waals surface area contributed by atoms with Crippen LogP contribution >= 0.6 is 0 Å². The lowest BCUT2D eigenvalue weighted by atomic mass is 9.93. The van der Waals surface area contributed by atoms with Crippen molar-refractivity contribution in [2.75, 3.05) is 11.4 Å². The lowest BCUT2D eigenvalue weighted by Gasteiger charge is -2.34. The molecule has 1 unspecified atom stereocenters. The molecular formula is C12H14N4O2. The molecular weight excluding hydrogens is 232 g/mol. The van der Waals surface area contributed by atoms with Gasteiger partial charge in [-0.25, -0.2) is 14.8 Å². The fraction of sp³-hybridized carbons (Fsp3) is 0.500. The summed E-state index contributed by atoms with van der Waals surface area (Å²) in [5, 5.41) is 18.1. The van der Waals surface area contributed by atoms with Crippen LogP contribution in [-0.2, 0) is 4.79 Å². The molecule has 18 heavy (non-hydrogen) atoms. The minimum atomic E-state index is -0.886. The largest absolute Gasteiger partial charge is 0.479 e. The van der Waals surface area contributed by atoms with Gasteiger partial charge in [0.05, 0.1) is 12.4 Å². The van der Waals surface area contributed by atoms with Gasteiger partial charge in [0.2, 0.25) is 0 Å². The summed E-state index contributed by atoms with van der Waals surface area (Å²) < 4.78 is 0. The van der Waals surface area contributed by atoms with Crippen molar-refractivity contribution < 1.29 is 9.90 Å². The van der Waals surface area contributed by atoms with Crippen molar-refractivity contribution in [2.24, 2.45) is 0 Å². The lowest BCUT2D eigenvalue weighted by molar-refractivity contribution is -0.143. The third kappa shape index (κ3) is 1.78. The highest BCUT2D eigenvalue weighted by Gasteiger charge is 2.46. The third-order valence-corrected chi connectivity index (χ3v) is 3.50. The van der Waals surface area contributed by atoms with E-state index >= 15 is 0 Å². The fourth-order valence-electron chi connectivity index (χ4n) is 2.47. The first kappa shape index (κ1) is 12.3. The molecule has 6 heteroatoms. The first-order valence-corrected chi connectivity index (χ1v) is 5.87. The van der Waals surface area contributed by atoms with Gasteiger partial charge < -0.3 is 10.0 Å². The first-order chi connectivity index (χ1) is 8.64. The van der Waals surface area contributed by atoms with Crippen molar-refractivity contribution in [1.82, 2.24) is 9.97 Å². The van der Waals surface area contributed by atoms with Gasteiger partial charge in [-0.2, -0.15) is 5.26 Å². The van der Waals surface area contributed by atoms with Crippen LogP contribution in [0.15, 0.2) is 12.4 Å². The van der Waals surface area contributed by atoms with Crippen molar-refractivity contribution in [3.63, 3.8) is 0 Å². The van der Waals surface area contributed by atoms with E-state index in [1.54, 1.807) is 4.90 Å². The van der Waals surface area contributed by atoms with Crippen LogP contribution in [0.2, 0.25) is 0 Å². The number of anilines is 1. The van der Waals surface area contributed by atoms with Crippen molar-refractivity contribution in [3.05, 3.63) is 18.1 Å². The van der Waals surface area contributed by atoms with Crippen LogP contribution in [0.25, 0.3) is 0 Å². The molecule has 1 aliphatic heterocycles. The van der Waals surface area contributed by atoms with Crippen molar-refractivity contribution in [2.45, 2.75) is 31.7 Å². The van der Waals surface area contributed by atoms with Crippen molar-refractivity contribution >= 4 is 11.8 Å². The molecule has 1 atom stereocenters. The summed E-state index contributed by atoms with van der Waals surface area (Å²) in [5.41, 5.74) is -0.654. The Morgan fingerprint density at radius 2 is 2.39 bits per heavy atom. The smallest absolute Gasteiger partial charge is 0.329 e. The lowest BCUT2D eigenvalue weighted by Crippen LogP contribution is -2.50. The molecule has 0 aliphatic carbocycles. The second-order valence-electron chi connectivity index (χ2n) is 4.32. The average Bonchev–Trinajstić information content (AvgIpc) is 2.84. The maximum absolute atomic E-state index is 11.5. The first-order valence-electron chi connectivity index (χ1n) is 5.87. The summed E-state index contributed by atoms with van der Waals surface area (Å²) >= 11 is 0. The summed E-state index contributed by atoms with van der Waals surface area (Å²) in [5.74, 6) is -0.301. The van der Waals surface area contributed by atoms with Gasteiger partial charge in [-0.05, 0) is 19.3 Å². The summed E-state index contributed by atoms with van der Waals surface area (Å²) in [6.45, 7) is 2.52. The minimum absolute atomic E-state index is 0.232. The number of carboxylic acid groups (broad SMARTS) is 1. The molecule has 1 fully saturated rings. The van der Waals surface area contributed by atoms with E-state index < -0.39 is 11.5 Å². The van der Waals surface area contributed by atoms with Gasteiger partial charge >= 0.3 is 5.97 Å². The molecule has 0 saturated carbocycles. The normalized spacial score (nSPS) is 22.8. The number of carbonyl (C=O) groups is 1. The second-order valence-corrected chi connectivity index (χ2v) is 4.32. The number of carboxylic acids is 1. The molecule has 1 N–H and O–H groups in total. The Balaban J connectivity index is 2.36. The van der Waals surface area contributed by atoms with Crippen LogP contribution < -0.4 is 4.90 Å². The summed E-state index contributed by atoms with van der Waals surface area (Å²) in [6.07, 6.45) is 4.79. The highest BCUT2D eigenvalue weighted by atomic mass is 16.4. The molecule has 1 aromatic rings. The van der Waals surface area contributed by atoms with Gasteiger partial charge in [0.15, 0.2) is 5.69 Å². The summed E-state index contributed by atoms with van der Waals surface area (Å²) in [4.78, 5) is 21.4. The van der Waals surface area contributed by atoms with Crippen molar-refractivity contribution in [3.8, 4) is 6.07 Å². The number of hydrogen-bond acceptors (Lipinski definition) is 5. The molecule has 0 spiro atoms. The van der Waals surface area contributed by atoms with Crippen LogP contribution in [0, 0.1) is 11.3 Å². The number of aromatic nitrogens is 2. The van der Waals surface area contributed by atoms with Gasteiger partial charge in [0, 0.05) is 6.54 Å². The summed E-state index contributed by atoms with van der Waals surface area (Å²) in [6, 6.07) is 1.89. The second kappa shape index (κ2) is 4.61. The van der Waals surface area contributed by atoms with E-state index in [0.717, 1.165) is 6.42 Å². The van der Waals surface area contributed by atoms with E-state index in [0.29, 0.717) is 25.2 Å². The Morgan fingerprint density at radius 3 is 2.89 bits per heavy atom. The molecule has 2 rings (SSSR count). The molecule has 0 radical (unpaired) electrons. The predicted octanol–water partition coefficient (Wildman–Crippen LogP) is 1.18. The van der Waals surface area contributed by atoms with Gasteiger partial charge in [0.25, 0.3) is 0 Å². The van der Waals surface area contributed by atoms with E-state index in [-0.39, 0.29) is 5.69 Å². The van der Waals surface area contributed by atoms with Crippen LogP contribution in [0.3, 0.4) is 0 Å². The number of nitriles is 1. The predicted molar refractivity (Wildman–Crippen MR) is 64.0 cm³/mol. The molecule has 0 amide bonds. The zero-order valence-electron chi connectivity index (χ0n) is 10.1. The molecule has 2 heterocycles. The Bertz CT molecular complexity index is 494. The highest BCUT2D eigenvalue weighted by Crippen LogP contribution is 2.35. The monoisotopic (exact) mass is 246 g/mol. The molecule has 0 bridgehead atoms. The third-order valence-electron chi connectivity index (χ3n) is 3.50. The van der Waals surface area contributed by atoms with Crippen LogP contribution in [0.1, 0.15) is 31.9 Å². The molecule has 94 valence electrons. The zero-order chi connectivity index (χ0) is 13.2. The Hall–Kier alpha value is -2.16. The van der Waals surface area contributed by atoms with E-state index in [1.807, 2.05) is 13.0 Å². The number of nitrogens with zero attached hydrogens (tertiary/aromatic N) is 4. The number of aliphatic carboxylic acids is 1. The van der Waals surface area contributed by atoms with Gasteiger partial charge in [-0.3, -0.25) is 0 Å². The van der Waals surface area contributed by atoms with Crippen LogP contribution in [-0.4, -0.2) is 33.1 Å². The quantitative estimate of drug-likeness (QED) is 0.861. The van der Waals surface area contributed by atoms with Gasteiger partial charge in [-0.15, -0.1) is 0 Å². The van der Waals surface area contributed by atoms with Crippen LogP contribution in [0.5, 0.6) is 0 Å². The standard InChI is InChI=1S/C12H14N4O2/c1-2-12(11(17)18)4-3-5-16(12)10-8-14-9(6-13)7-15-10/h7-8H,2-5H2,1H3,(H,17,18). The van der Waals surface area contributed by atoms with E-state index in [2.05, 4.69) is 9.97 Å². The summed E-state index contributed by atoms with van der Waals surface area (Å²) in [7, 11) is 0. The molecule has 1 aliphatic rings. The molecule has 1 saturated heterocycles. The van der Waals surface area contributed by atoms with E-state index in [1.165, 1.54) is 12.4 Å². The molecule has 0 aromatic carbocycles. The topological polar surface area (TPSA) is 90.1 Å². The van der Waals surface area contributed by atoms with Crippen molar-refractivity contribution in [1.29, 1.82) is 5.26 Å². The van der Waals surface area contributed by atoms with Gasteiger partial charge in [0.1, 0.15) is 17.4 Å². The maximum Gasteiger partial charge on any atom is 0.329 e. The van der Waals surface area contributed by atoms with E-state index in [9.17, 15) is 9.90 Å². The SMILES string of the molecule is CCC1(C(=O)O)CCCN1c1cnc(C#N)cn1. The molecule has 1 aromatic heterocycles. The number of rotatable bonds is 3. The minimum Gasteiger partial charge on any atom is -0.479 e. The highest BCUT2D eigenvalue weighted by molar-refractivity contribution is 5.83. The van der Waals surface area contributed by atoms with E-state index in [4.69, 9.17) is 5.26 Å². The fourth-order valence-corrected chi connectivity index (χ4v) is 2.47. The Morgan fingerprint density at radius 1 is 1.61 bits per heavy atom. The Kier molecular flexibility index (Phi) is 3.15. The maximum atomic E-state index is 11.5. The van der Waals surface area contributed by atoms with Gasteiger partial charge in [-0.1, -0.05) is 6.92 Å². The Labute approximate surface area is 105 Å². The average molecular weight is 246 g/mol. The number of hydrogen-bond donors (Lipinski definition) is 1. The van der Waals surface area contributed by atoms with Crippen LogP contribution in [0.4, 0.5) is 5.82 Å².